The van der Waals surface area contributed by atoms with Crippen molar-refractivity contribution in [1.29, 1.82) is 0 Å². The average molecular weight is 327 g/mol. The number of hydrogen-bond acceptors (Lipinski definition) is 2. The number of hydroxylamine groups is 2. The highest BCUT2D eigenvalue weighted by Gasteiger charge is 2.34. The van der Waals surface area contributed by atoms with Crippen molar-refractivity contribution in [1.82, 2.24) is 5.06 Å². The Labute approximate surface area is 146 Å². The summed E-state index contributed by atoms with van der Waals surface area (Å²) in [6.07, 6.45) is 8.45. The quantitative estimate of drug-likeness (QED) is 0.551. The number of benzene rings is 1. The third kappa shape index (κ3) is 4.81. The molecule has 2 atom stereocenters. The Morgan fingerprint density at radius 1 is 1.29 bits per heavy atom. The molecule has 130 valence electrons. The summed E-state index contributed by atoms with van der Waals surface area (Å²) in [7, 11) is 3.23. The minimum absolute atomic E-state index is 0.0513. The second kappa shape index (κ2) is 8.84. The van der Waals surface area contributed by atoms with E-state index in [4.69, 9.17) is 4.84 Å². The van der Waals surface area contributed by atoms with Gasteiger partial charge in [-0.2, -0.15) is 0 Å². The largest absolute Gasteiger partial charge is 0.275 e. The SMILES string of the molecule is CON(C)C(=O)[C@@H]1CC=C(CCC=C(C)C)C[C@H]1c1ccccc1. The lowest BCUT2D eigenvalue weighted by atomic mass is 9.74. The Hall–Kier alpha value is -1.87. The molecule has 1 aromatic carbocycles. The van der Waals surface area contributed by atoms with Gasteiger partial charge in [0.2, 0.25) is 5.91 Å². The first kappa shape index (κ1) is 18.5. The lowest BCUT2D eigenvalue weighted by molar-refractivity contribution is -0.174. The predicted octanol–water partition coefficient (Wildman–Crippen LogP) is 4.87. The lowest BCUT2D eigenvalue weighted by Crippen LogP contribution is -2.36. The topological polar surface area (TPSA) is 29.5 Å². The van der Waals surface area contributed by atoms with Gasteiger partial charge < -0.3 is 0 Å². The van der Waals surface area contributed by atoms with Gasteiger partial charge in [0.25, 0.3) is 0 Å². The number of allylic oxidation sites excluding steroid dienone is 4. The van der Waals surface area contributed by atoms with Crippen LogP contribution in [0.4, 0.5) is 0 Å². The maximum absolute atomic E-state index is 12.7. The van der Waals surface area contributed by atoms with Crippen molar-refractivity contribution >= 4 is 5.91 Å². The summed E-state index contributed by atoms with van der Waals surface area (Å²) in [5, 5.41) is 1.36. The molecule has 0 radical (unpaired) electrons. The summed E-state index contributed by atoms with van der Waals surface area (Å²) in [6, 6.07) is 10.4. The summed E-state index contributed by atoms with van der Waals surface area (Å²) in [4.78, 5) is 17.8. The monoisotopic (exact) mass is 327 g/mol. The van der Waals surface area contributed by atoms with E-state index in [-0.39, 0.29) is 17.7 Å². The van der Waals surface area contributed by atoms with Crippen LogP contribution in [-0.2, 0) is 9.63 Å². The Morgan fingerprint density at radius 3 is 2.62 bits per heavy atom. The summed E-state index contributed by atoms with van der Waals surface area (Å²) < 4.78 is 0. The average Bonchev–Trinajstić information content (AvgIpc) is 2.60. The zero-order valence-corrected chi connectivity index (χ0v) is 15.3. The van der Waals surface area contributed by atoms with Gasteiger partial charge in [0.05, 0.1) is 13.0 Å². The van der Waals surface area contributed by atoms with Gasteiger partial charge in [-0.25, -0.2) is 5.06 Å². The van der Waals surface area contributed by atoms with Crippen molar-refractivity contribution in [3.05, 3.63) is 59.2 Å². The maximum Gasteiger partial charge on any atom is 0.249 e. The summed E-state index contributed by atoms with van der Waals surface area (Å²) in [5.74, 6) is 0.235. The molecule has 0 bridgehead atoms. The molecule has 1 aliphatic carbocycles. The third-order valence-electron chi connectivity index (χ3n) is 4.78. The minimum Gasteiger partial charge on any atom is -0.275 e. The molecule has 0 N–H and O–H groups in total. The van der Waals surface area contributed by atoms with Crippen LogP contribution in [0, 0.1) is 5.92 Å². The predicted molar refractivity (Wildman–Crippen MR) is 98.4 cm³/mol. The van der Waals surface area contributed by atoms with E-state index in [1.807, 2.05) is 6.07 Å². The van der Waals surface area contributed by atoms with Crippen LogP contribution < -0.4 is 0 Å². The van der Waals surface area contributed by atoms with E-state index in [1.165, 1.54) is 21.8 Å². The van der Waals surface area contributed by atoms with Crippen molar-refractivity contribution in [2.24, 2.45) is 5.92 Å². The number of hydrogen-bond donors (Lipinski definition) is 0. The molecule has 0 spiro atoms. The molecule has 0 fully saturated rings. The second-order valence-electron chi connectivity index (χ2n) is 6.76. The fraction of sp³-hybridized carbons (Fsp3) is 0.476. The molecule has 0 unspecified atom stereocenters. The first-order chi connectivity index (χ1) is 11.5. The summed E-state index contributed by atoms with van der Waals surface area (Å²) >= 11 is 0. The van der Waals surface area contributed by atoms with Gasteiger partial charge in [0, 0.05) is 7.05 Å². The van der Waals surface area contributed by atoms with E-state index in [2.05, 4.69) is 50.3 Å². The number of carbonyl (C=O) groups excluding carboxylic acids is 1. The zero-order valence-electron chi connectivity index (χ0n) is 15.3. The molecule has 3 heteroatoms. The minimum atomic E-state index is -0.0513. The smallest absolute Gasteiger partial charge is 0.249 e. The highest BCUT2D eigenvalue weighted by molar-refractivity contribution is 5.79. The van der Waals surface area contributed by atoms with Crippen LogP contribution in [0.3, 0.4) is 0 Å². The van der Waals surface area contributed by atoms with Crippen molar-refractivity contribution < 1.29 is 9.63 Å². The van der Waals surface area contributed by atoms with Crippen LogP contribution in [0.25, 0.3) is 0 Å². The molecule has 1 aliphatic rings. The van der Waals surface area contributed by atoms with Gasteiger partial charge in [-0.15, -0.1) is 0 Å². The van der Waals surface area contributed by atoms with Crippen molar-refractivity contribution in [3.63, 3.8) is 0 Å². The standard InChI is InChI=1S/C21H29NO2/c1-16(2)9-8-10-17-13-14-19(21(23)22(3)24-4)20(15-17)18-11-6-5-7-12-18/h5-7,9,11-13,19-20H,8,10,14-15H2,1-4H3/t19-,20+/m1/s1. The fourth-order valence-electron chi connectivity index (χ4n) is 3.36. The molecule has 0 saturated heterocycles. The molecule has 3 nitrogen and oxygen atoms in total. The van der Waals surface area contributed by atoms with Crippen LogP contribution in [0.15, 0.2) is 53.6 Å². The molecule has 1 aromatic rings. The van der Waals surface area contributed by atoms with E-state index >= 15 is 0 Å². The van der Waals surface area contributed by atoms with Gasteiger partial charge in [0.15, 0.2) is 0 Å². The van der Waals surface area contributed by atoms with Gasteiger partial charge in [-0.3, -0.25) is 9.63 Å². The zero-order chi connectivity index (χ0) is 17.5. The van der Waals surface area contributed by atoms with E-state index in [9.17, 15) is 4.79 Å². The molecule has 1 amide bonds. The van der Waals surface area contributed by atoms with Crippen molar-refractivity contribution in [2.45, 2.75) is 45.4 Å². The van der Waals surface area contributed by atoms with Gasteiger partial charge in [-0.1, -0.05) is 53.6 Å². The van der Waals surface area contributed by atoms with E-state index in [0.717, 1.165) is 25.7 Å². The normalized spacial score (nSPS) is 20.2. The molecular weight excluding hydrogens is 298 g/mol. The first-order valence-electron chi connectivity index (χ1n) is 8.70. The van der Waals surface area contributed by atoms with Crippen molar-refractivity contribution in [3.8, 4) is 0 Å². The second-order valence-corrected chi connectivity index (χ2v) is 6.76. The van der Waals surface area contributed by atoms with E-state index in [0.29, 0.717) is 0 Å². The third-order valence-corrected chi connectivity index (χ3v) is 4.78. The molecule has 0 aliphatic heterocycles. The Bertz CT molecular complexity index is 600. The maximum atomic E-state index is 12.7. The fourth-order valence-corrected chi connectivity index (χ4v) is 3.36. The van der Waals surface area contributed by atoms with Crippen LogP contribution in [-0.4, -0.2) is 25.1 Å². The van der Waals surface area contributed by atoms with Crippen LogP contribution in [0.2, 0.25) is 0 Å². The molecule has 0 saturated carbocycles. The summed E-state index contributed by atoms with van der Waals surface area (Å²) in [5.41, 5.74) is 4.07. The molecule has 0 aromatic heterocycles. The van der Waals surface area contributed by atoms with E-state index in [1.54, 1.807) is 14.2 Å². The molecule has 2 rings (SSSR count). The Morgan fingerprint density at radius 2 is 2.00 bits per heavy atom. The van der Waals surface area contributed by atoms with Gasteiger partial charge in [0.1, 0.15) is 0 Å². The molecular formula is C21H29NO2. The Kier molecular flexibility index (Phi) is 6.80. The first-order valence-corrected chi connectivity index (χ1v) is 8.70. The highest BCUT2D eigenvalue weighted by atomic mass is 16.7. The number of amides is 1. The van der Waals surface area contributed by atoms with Crippen LogP contribution in [0.5, 0.6) is 0 Å². The number of rotatable bonds is 6. The highest BCUT2D eigenvalue weighted by Crippen LogP contribution is 2.39. The van der Waals surface area contributed by atoms with Gasteiger partial charge in [-0.05, 0) is 51.0 Å². The van der Waals surface area contributed by atoms with Crippen LogP contribution >= 0.6 is 0 Å². The molecule has 24 heavy (non-hydrogen) atoms. The summed E-state index contributed by atoms with van der Waals surface area (Å²) in [6.45, 7) is 4.27. The van der Waals surface area contributed by atoms with Crippen molar-refractivity contribution in [2.75, 3.05) is 14.2 Å². The number of nitrogens with zero attached hydrogens (tertiary/aromatic N) is 1. The van der Waals surface area contributed by atoms with E-state index < -0.39 is 0 Å². The molecule has 0 heterocycles. The lowest BCUT2D eigenvalue weighted by Gasteiger charge is -2.33. The van der Waals surface area contributed by atoms with Gasteiger partial charge >= 0.3 is 0 Å². The number of carbonyl (C=O) groups is 1. The van der Waals surface area contributed by atoms with Crippen LogP contribution in [0.1, 0.15) is 51.0 Å². The Balaban J connectivity index is 2.19.